The predicted octanol–water partition coefficient (Wildman–Crippen LogP) is 1.75. The van der Waals surface area contributed by atoms with Crippen LogP contribution in [-0.4, -0.2) is 35.3 Å². The van der Waals surface area contributed by atoms with Crippen LogP contribution in [0.2, 0.25) is 0 Å². The SMILES string of the molecule is CC[C@@H]1COC(=O)N1C(=O)CC(C)(C)C(C)=O. The molecule has 0 spiro atoms. The zero-order chi connectivity index (χ0) is 13.2. The molecule has 0 saturated carbocycles. The Morgan fingerprint density at radius 3 is 2.53 bits per heavy atom. The average Bonchev–Trinajstić information content (AvgIpc) is 2.58. The van der Waals surface area contributed by atoms with Gasteiger partial charge in [-0.3, -0.25) is 9.59 Å². The molecule has 0 unspecified atom stereocenters. The quantitative estimate of drug-likeness (QED) is 0.752. The molecule has 0 N–H and O–H groups in total. The van der Waals surface area contributed by atoms with Crippen molar-refractivity contribution in [3.63, 3.8) is 0 Å². The van der Waals surface area contributed by atoms with Gasteiger partial charge in [-0.2, -0.15) is 0 Å². The summed E-state index contributed by atoms with van der Waals surface area (Å²) in [6.07, 6.45) is 0.104. The van der Waals surface area contributed by atoms with Crippen LogP contribution in [0.25, 0.3) is 0 Å². The first-order valence-electron chi connectivity index (χ1n) is 5.79. The van der Waals surface area contributed by atoms with E-state index in [0.717, 1.165) is 4.90 Å². The van der Waals surface area contributed by atoms with Crippen LogP contribution in [0.5, 0.6) is 0 Å². The molecule has 0 aliphatic carbocycles. The molecule has 0 aromatic carbocycles. The summed E-state index contributed by atoms with van der Waals surface area (Å²) in [4.78, 5) is 36.0. The molecule has 1 fully saturated rings. The number of carbonyl (C=O) groups is 3. The van der Waals surface area contributed by atoms with Crippen LogP contribution in [0.3, 0.4) is 0 Å². The van der Waals surface area contributed by atoms with E-state index in [2.05, 4.69) is 0 Å². The topological polar surface area (TPSA) is 63.7 Å². The van der Waals surface area contributed by atoms with Gasteiger partial charge in [0.2, 0.25) is 5.91 Å². The Balaban J connectivity index is 2.76. The van der Waals surface area contributed by atoms with E-state index in [1.165, 1.54) is 6.92 Å². The normalized spacial score (nSPS) is 20.4. The summed E-state index contributed by atoms with van der Waals surface area (Å²) in [5, 5.41) is 0. The van der Waals surface area contributed by atoms with Crippen molar-refractivity contribution in [1.29, 1.82) is 0 Å². The summed E-state index contributed by atoms with van der Waals surface area (Å²) in [5.41, 5.74) is -0.738. The molecular formula is C12H19NO4. The van der Waals surface area contributed by atoms with Crippen LogP contribution in [0.4, 0.5) is 4.79 Å². The summed E-state index contributed by atoms with van der Waals surface area (Å²) in [7, 11) is 0. The number of amides is 2. The molecule has 0 bridgehead atoms. The minimum absolute atomic E-state index is 0.0356. The smallest absolute Gasteiger partial charge is 0.416 e. The lowest BCUT2D eigenvalue weighted by Crippen LogP contribution is -2.41. The third-order valence-electron chi connectivity index (χ3n) is 3.25. The van der Waals surface area contributed by atoms with E-state index in [0.29, 0.717) is 6.42 Å². The molecule has 1 aliphatic rings. The Morgan fingerprint density at radius 2 is 2.06 bits per heavy atom. The minimum atomic E-state index is -0.738. The highest BCUT2D eigenvalue weighted by molar-refractivity contribution is 5.96. The van der Waals surface area contributed by atoms with E-state index >= 15 is 0 Å². The van der Waals surface area contributed by atoms with Crippen LogP contribution < -0.4 is 0 Å². The van der Waals surface area contributed by atoms with Crippen LogP contribution in [0.15, 0.2) is 0 Å². The van der Waals surface area contributed by atoms with E-state index in [-0.39, 0.29) is 30.8 Å². The van der Waals surface area contributed by atoms with Crippen molar-refractivity contribution < 1.29 is 19.1 Å². The van der Waals surface area contributed by atoms with Gasteiger partial charge >= 0.3 is 6.09 Å². The third-order valence-corrected chi connectivity index (χ3v) is 3.25. The highest BCUT2D eigenvalue weighted by Crippen LogP contribution is 2.25. The molecule has 0 radical (unpaired) electrons. The molecule has 1 aliphatic heterocycles. The van der Waals surface area contributed by atoms with Gasteiger partial charge in [0.1, 0.15) is 12.4 Å². The van der Waals surface area contributed by atoms with Crippen LogP contribution in [0, 0.1) is 5.41 Å². The Labute approximate surface area is 101 Å². The second kappa shape index (κ2) is 4.85. The summed E-state index contributed by atoms with van der Waals surface area (Å²) in [5.74, 6) is -0.397. The van der Waals surface area contributed by atoms with Gasteiger partial charge < -0.3 is 4.74 Å². The van der Waals surface area contributed by atoms with Crippen molar-refractivity contribution >= 4 is 17.8 Å². The average molecular weight is 241 g/mol. The first-order valence-corrected chi connectivity index (χ1v) is 5.79. The van der Waals surface area contributed by atoms with Gasteiger partial charge in [-0.15, -0.1) is 0 Å². The lowest BCUT2D eigenvalue weighted by molar-refractivity contribution is -0.136. The third kappa shape index (κ3) is 2.84. The molecule has 1 saturated heterocycles. The fourth-order valence-electron chi connectivity index (χ4n) is 1.65. The Bertz CT molecular complexity index is 348. The number of Topliss-reactive ketones (excluding diaryl/α,β-unsaturated/α-hetero) is 1. The maximum Gasteiger partial charge on any atom is 0.416 e. The molecule has 96 valence electrons. The van der Waals surface area contributed by atoms with Gasteiger partial charge in [0.15, 0.2) is 0 Å². The number of nitrogens with zero attached hydrogens (tertiary/aromatic N) is 1. The monoisotopic (exact) mass is 241 g/mol. The first-order chi connectivity index (χ1) is 7.79. The summed E-state index contributed by atoms with van der Waals surface area (Å²) in [6.45, 7) is 7.00. The number of rotatable bonds is 4. The molecule has 5 nitrogen and oxygen atoms in total. The highest BCUT2D eigenvalue weighted by atomic mass is 16.6. The predicted molar refractivity (Wildman–Crippen MR) is 61.4 cm³/mol. The number of hydrogen-bond acceptors (Lipinski definition) is 4. The zero-order valence-electron chi connectivity index (χ0n) is 10.8. The van der Waals surface area contributed by atoms with Gasteiger partial charge in [0.05, 0.1) is 6.04 Å². The molecule has 17 heavy (non-hydrogen) atoms. The van der Waals surface area contributed by atoms with Crippen LogP contribution >= 0.6 is 0 Å². The molecule has 1 heterocycles. The summed E-state index contributed by atoms with van der Waals surface area (Å²) in [6, 6.07) is -0.197. The van der Waals surface area contributed by atoms with Crippen LogP contribution in [0.1, 0.15) is 40.5 Å². The maximum absolute atomic E-state index is 12.0. The van der Waals surface area contributed by atoms with Gasteiger partial charge in [-0.05, 0) is 13.3 Å². The second-order valence-corrected chi connectivity index (χ2v) is 5.02. The van der Waals surface area contributed by atoms with Crippen molar-refractivity contribution in [2.75, 3.05) is 6.61 Å². The zero-order valence-corrected chi connectivity index (χ0v) is 10.8. The highest BCUT2D eigenvalue weighted by Gasteiger charge is 2.39. The molecule has 0 aromatic heterocycles. The van der Waals surface area contributed by atoms with E-state index in [4.69, 9.17) is 4.74 Å². The molecular weight excluding hydrogens is 222 g/mol. The summed E-state index contributed by atoms with van der Waals surface area (Å²) >= 11 is 0. The Morgan fingerprint density at radius 1 is 1.47 bits per heavy atom. The van der Waals surface area contributed by atoms with Crippen molar-refractivity contribution in [2.24, 2.45) is 5.41 Å². The minimum Gasteiger partial charge on any atom is -0.447 e. The van der Waals surface area contributed by atoms with Gasteiger partial charge in [0, 0.05) is 11.8 Å². The molecule has 0 aromatic rings. The lowest BCUT2D eigenvalue weighted by Gasteiger charge is -2.24. The second-order valence-electron chi connectivity index (χ2n) is 5.02. The fraction of sp³-hybridized carbons (Fsp3) is 0.750. The first kappa shape index (κ1) is 13.7. The van der Waals surface area contributed by atoms with Gasteiger partial charge in [0.25, 0.3) is 0 Å². The summed E-state index contributed by atoms with van der Waals surface area (Å²) < 4.78 is 4.85. The van der Waals surface area contributed by atoms with E-state index in [9.17, 15) is 14.4 Å². The number of carbonyl (C=O) groups excluding carboxylic acids is 3. The number of ketones is 1. The number of hydrogen-bond donors (Lipinski definition) is 0. The van der Waals surface area contributed by atoms with E-state index in [1.807, 2.05) is 6.92 Å². The number of ether oxygens (including phenoxy) is 1. The van der Waals surface area contributed by atoms with Crippen molar-refractivity contribution in [1.82, 2.24) is 4.90 Å². The Hall–Kier alpha value is -1.39. The molecule has 5 heteroatoms. The van der Waals surface area contributed by atoms with Crippen LogP contribution in [-0.2, 0) is 14.3 Å². The maximum atomic E-state index is 12.0. The fourth-order valence-corrected chi connectivity index (χ4v) is 1.65. The standard InChI is InChI=1S/C12H19NO4/c1-5-9-7-17-11(16)13(9)10(15)6-12(3,4)8(2)14/h9H,5-7H2,1-4H3/t9-/m1/s1. The van der Waals surface area contributed by atoms with E-state index in [1.54, 1.807) is 13.8 Å². The molecule has 1 rings (SSSR count). The van der Waals surface area contributed by atoms with Crippen molar-refractivity contribution in [3.8, 4) is 0 Å². The number of imide groups is 1. The number of cyclic esters (lactones) is 1. The van der Waals surface area contributed by atoms with E-state index < -0.39 is 11.5 Å². The molecule has 1 atom stereocenters. The molecule has 2 amide bonds. The van der Waals surface area contributed by atoms with Crippen molar-refractivity contribution in [2.45, 2.75) is 46.6 Å². The lowest BCUT2D eigenvalue weighted by atomic mass is 9.84. The van der Waals surface area contributed by atoms with Crippen molar-refractivity contribution in [3.05, 3.63) is 0 Å². The largest absolute Gasteiger partial charge is 0.447 e. The van der Waals surface area contributed by atoms with Gasteiger partial charge in [-0.1, -0.05) is 20.8 Å². The van der Waals surface area contributed by atoms with Gasteiger partial charge in [-0.25, -0.2) is 9.69 Å². The Kier molecular flexibility index (Phi) is 3.91.